The van der Waals surface area contributed by atoms with Crippen LogP contribution in [0.5, 0.6) is 0 Å². The van der Waals surface area contributed by atoms with Gasteiger partial charge in [-0.05, 0) is 12.8 Å². The molecule has 0 saturated carbocycles. The molecule has 6 heteroatoms. The summed E-state index contributed by atoms with van der Waals surface area (Å²) in [6, 6.07) is 0. The molecule has 1 fully saturated rings. The summed E-state index contributed by atoms with van der Waals surface area (Å²) >= 11 is 0. The summed E-state index contributed by atoms with van der Waals surface area (Å²) in [5, 5.41) is 0. The quantitative estimate of drug-likeness (QED) is 0.313. The lowest BCUT2D eigenvalue weighted by atomic mass is 10.3. The number of nitrogens with zero attached hydrogens (tertiary/aromatic N) is 1. The van der Waals surface area contributed by atoms with Crippen LogP contribution in [0.15, 0.2) is 0 Å². The third-order valence-electron chi connectivity index (χ3n) is 3.42. The van der Waals surface area contributed by atoms with Gasteiger partial charge in [-0.1, -0.05) is 26.7 Å². The van der Waals surface area contributed by atoms with E-state index in [-0.39, 0.29) is 6.61 Å². The minimum absolute atomic E-state index is 0.00231. The van der Waals surface area contributed by atoms with Crippen molar-refractivity contribution >= 4 is 10.4 Å². The van der Waals surface area contributed by atoms with E-state index in [0.29, 0.717) is 6.42 Å². The molecule has 1 aliphatic heterocycles. The van der Waals surface area contributed by atoms with Gasteiger partial charge in [-0.3, -0.25) is 4.18 Å². The minimum Gasteiger partial charge on any atom is -0.726 e. The van der Waals surface area contributed by atoms with E-state index in [0.717, 1.165) is 6.42 Å². The normalized spacial score (nSPS) is 17.9. The van der Waals surface area contributed by atoms with Crippen molar-refractivity contribution in [3.63, 3.8) is 0 Å². The Hall–Kier alpha value is -0.170. The molecule has 19 heavy (non-hydrogen) atoms. The molecule has 0 unspecified atom stereocenters. The van der Waals surface area contributed by atoms with Crippen LogP contribution >= 0.6 is 0 Å². The van der Waals surface area contributed by atoms with Gasteiger partial charge in [0.2, 0.25) is 10.4 Å². The highest BCUT2D eigenvalue weighted by molar-refractivity contribution is 7.80. The first-order valence-corrected chi connectivity index (χ1v) is 8.60. The van der Waals surface area contributed by atoms with Crippen molar-refractivity contribution in [3.05, 3.63) is 0 Å². The van der Waals surface area contributed by atoms with Crippen molar-refractivity contribution in [1.29, 1.82) is 0 Å². The van der Waals surface area contributed by atoms with Gasteiger partial charge in [0.05, 0.1) is 33.3 Å². The Labute approximate surface area is 118 Å². The second kappa shape index (κ2) is 9.69. The van der Waals surface area contributed by atoms with Gasteiger partial charge >= 0.3 is 0 Å². The average Bonchev–Trinajstić information content (AvgIpc) is 2.74. The average molecular weight is 295 g/mol. The van der Waals surface area contributed by atoms with Gasteiger partial charge < -0.3 is 9.04 Å². The van der Waals surface area contributed by atoms with Gasteiger partial charge in [0.25, 0.3) is 0 Å². The van der Waals surface area contributed by atoms with E-state index in [1.54, 1.807) is 0 Å². The van der Waals surface area contributed by atoms with Crippen molar-refractivity contribution in [1.82, 2.24) is 0 Å². The first-order valence-electron chi connectivity index (χ1n) is 7.27. The summed E-state index contributed by atoms with van der Waals surface area (Å²) in [6.07, 6.45) is 7.10. The highest BCUT2D eigenvalue weighted by Gasteiger charge is 2.25. The van der Waals surface area contributed by atoms with Crippen LogP contribution in [0.25, 0.3) is 0 Å². The van der Waals surface area contributed by atoms with Gasteiger partial charge in [0.1, 0.15) is 0 Å². The molecule has 0 aromatic heterocycles. The maximum absolute atomic E-state index is 9.73. The highest BCUT2D eigenvalue weighted by atomic mass is 32.3. The molecule has 0 spiro atoms. The summed E-state index contributed by atoms with van der Waals surface area (Å²) in [7, 11) is -2.04. The van der Waals surface area contributed by atoms with Gasteiger partial charge in [-0.25, -0.2) is 8.42 Å². The fourth-order valence-electron chi connectivity index (χ4n) is 2.17. The minimum atomic E-state index is -4.45. The molecule has 0 aromatic carbocycles. The molecule has 1 aliphatic rings. The Kier molecular flexibility index (Phi) is 9.60. The molecule has 0 atom stereocenters. The molecular weight excluding hydrogens is 266 g/mol. The summed E-state index contributed by atoms with van der Waals surface area (Å²) < 4.78 is 34.4. The third kappa shape index (κ3) is 11.4. The number of hydrogen-bond donors (Lipinski definition) is 0. The standard InChI is InChI=1S/C9H20N.C4H10O4S/c1-3-4-7-10(2)8-5-6-9-10;1-2-3-4-8-9(5,6)7/h3-9H2,1-2H3;2-4H2,1H3,(H,5,6,7)/q+1;/p-1. The van der Waals surface area contributed by atoms with Crippen molar-refractivity contribution in [2.75, 3.05) is 33.3 Å². The number of quaternary nitrogens is 1. The zero-order valence-corrected chi connectivity index (χ0v) is 13.4. The van der Waals surface area contributed by atoms with Crippen molar-refractivity contribution in [2.24, 2.45) is 0 Å². The molecule has 5 nitrogen and oxygen atoms in total. The fraction of sp³-hybridized carbons (Fsp3) is 1.00. The molecule has 0 amide bonds. The molecule has 0 aliphatic carbocycles. The highest BCUT2D eigenvalue weighted by Crippen LogP contribution is 2.16. The van der Waals surface area contributed by atoms with Crippen LogP contribution in [0.3, 0.4) is 0 Å². The molecule has 1 saturated heterocycles. The summed E-state index contributed by atoms with van der Waals surface area (Å²) in [5.74, 6) is 0. The Morgan fingerprint density at radius 3 is 2.05 bits per heavy atom. The number of unbranched alkanes of at least 4 members (excludes halogenated alkanes) is 2. The lowest BCUT2D eigenvalue weighted by molar-refractivity contribution is -0.897. The van der Waals surface area contributed by atoms with Crippen LogP contribution in [0.1, 0.15) is 52.4 Å². The van der Waals surface area contributed by atoms with E-state index in [1.807, 2.05) is 6.92 Å². The molecule has 0 bridgehead atoms. The Bertz CT molecular complexity index is 311. The lowest BCUT2D eigenvalue weighted by Crippen LogP contribution is -2.41. The van der Waals surface area contributed by atoms with Crippen LogP contribution in [-0.2, 0) is 14.6 Å². The molecule has 1 rings (SSSR count). The van der Waals surface area contributed by atoms with Crippen LogP contribution in [-0.4, -0.2) is 50.7 Å². The second-order valence-electron chi connectivity index (χ2n) is 5.43. The van der Waals surface area contributed by atoms with E-state index < -0.39 is 10.4 Å². The van der Waals surface area contributed by atoms with E-state index in [4.69, 9.17) is 0 Å². The summed E-state index contributed by atoms with van der Waals surface area (Å²) in [6.45, 7) is 8.43. The Morgan fingerprint density at radius 1 is 1.11 bits per heavy atom. The van der Waals surface area contributed by atoms with Gasteiger partial charge in [-0.15, -0.1) is 0 Å². The van der Waals surface area contributed by atoms with E-state index in [9.17, 15) is 13.0 Å². The van der Waals surface area contributed by atoms with Crippen LogP contribution in [0.2, 0.25) is 0 Å². The first-order chi connectivity index (χ1) is 8.83. The summed E-state index contributed by atoms with van der Waals surface area (Å²) in [5.41, 5.74) is 0. The monoisotopic (exact) mass is 295 g/mol. The first kappa shape index (κ1) is 18.8. The topological polar surface area (TPSA) is 66.4 Å². The molecule has 0 radical (unpaired) electrons. The van der Waals surface area contributed by atoms with E-state index >= 15 is 0 Å². The Morgan fingerprint density at radius 2 is 1.63 bits per heavy atom. The molecular formula is C13H29NO4S. The smallest absolute Gasteiger partial charge is 0.217 e. The number of rotatable bonds is 7. The zero-order valence-electron chi connectivity index (χ0n) is 12.6. The van der Waals surface area contributed by atoms with E-state index in [2.05, 4.69) is 18.2 Å². The van der Waals surface area contributed by atoms with Crippen molar-refractivity contribution in [2.45, 2.75) is 52.4 Å². The van der Waals surface area contributed by atoms with Crippen LogP contribution in [0, 0.1) is 0 Å². The van der Waals surface area contributed by atoms with Gasteiger partial charge in [0, 0.05) is 12.8 Å². The fourth-order valence-corrected chi connectivity index (χ4v) is 2.49. The van der Waals surface area contributed by atoms with Gasteiger partial charge in [0.15, 0.2) is 0 Å². The summed E-state index contributed by atoms with van der Waals surface area (Å²) in [4.78, 5) is 0. The van der Waals surface area contributed by atoms with Gasteiger partial charge in [-0.2, -0.15) is 0 Å². The number of likely N-dealkylation sites (tertiary alicyclic amines) is 1. The largest absolute Gasteiger partial charge is 0.726 e. The lowest BCUT2D eigenvalue weighted by Gasteiger charge is -2.28. The molecule has 0 N–H and O–H groups in total. The van der Waals surface area contributed by atoms with E-state index in [1.165, 1.54) is 49.8 Å². The van der Waals surface area contributed by atoms with Crippen LogP contribution < -0.4 is 0 Å². The molecule has 116 valence electrons. The van der Waals surface area contributed by atoms with Crippen molar-refractivity contribution in [3.8, 4) is 0 Å². The SMILES string of the molecule is CCCCOS(=O)(=O)[O-].CCCC[N+]1(C)CCCC1. The second-order valence-corrected chi connectivity index (χ2v) is 6.49. The third-order valence-corrected chi connectivity index (χ3v) is 3.88. The predicted molar refractivity (Wildman–Crippen MR) is 75.5 cm³/mol. The zero-order chi connectivity index (χ0) is 14.8. The molecule has 0 aromatic rings. The van der Waals surface area contributed by atoms with Crippen LogP contribution in [0.4, 0.5) is 0 Å². The van der Waals surface area contributed by atoms with Crippen molar-refractivity contribution < 1.29 is 21.6 Å². The number of hydrogen-bond acceptors (Lipinski definition) is 4. The maximum atomic E-state index is 9.73. The molecule has 1 heterocycles. The predicted octanol–water partition coefficient (Wildman–Crippen LogP) is 2.29. The maximum Gasteiger partial charge on any atom is 0.217 e. The Balaban J connectivity index is 0.000000344.